The van der Waals surface area contributed by atoms with E-state index >= 15 is 0 Å². The first-order valence-corrected chi connectivity index (χ1v) is 8.61. The number of aromatic nitrogens is 4. The van der Waals surface area contributed by atoms with Crippen molar-refractivity contribution in [3.63, 3.8) is 0 Å². The quantitative estimate of drug-likeness (QED) is 0.562. The zero-order chi connectivity index (χ0) is 19.3. The SMILES string of the molecule is O=c1[nH]c2cc3c(cc2c(=O)n1Cc1nc(-c2cccc(Cl)c2)no1)OCO3. The number of rotatable bonds is 3. The van der Waals surface area contributed by atoms with Crippen LogP contribution < -0.4 is 20.7 Å². The second-order valence-corrected chi connectivity index (χ2v) is 6.53. The fourth-order valence-electron chi connectivity index (χ4n) is 2.99. The van der Waals surface area contributed by atoms with E-state index in [0.717, 1.165) is 4.57 Å². The van der Waals surface area contributed by atoms with Crippen LogP contribution in [0.2, 0.25) is 5.02 Å². The number of aromatic amines is 1. The second-order valence-electron chi connectivity index (χ2n) is 6.09. The molecule has 0 radical (unpaired) electrons. The van der Waals surface area contributed by atoms with Crippen LogP contribution in [0.5, 0.6) is 11.5 Å². The molecule has 0 bridgehead atoms. The Morgan fingerprint density at radius 1 is 1.14 bits per heavy atom. The van der Waals surface area contributed by atoms with E-state index in [0.29, 0.717) is 38.8 Å². The number of hydrogen-bond acceptors (Lipinski definition) is 7. The largest absolute Gasteiger partial charge is 0.454 e. The van der Waals surface area contributed by atoms with Gasteiger partial charge in [0.1, 0.15) is 6.54 Å². The third-order valence-electron chi connectivity index (χ3n) is 4.32. The summed E-state index contributed by atoms with van der Waals surface area (Å²) in [6.45, 7) is -0.107. The van der Waals surface area contributed by atoms with E-state index in [1.54, 1.807) is 30.3 Å². The Bertz CT molecular complexity index is 1340. The molecule has 1 N–H and O–H groups in total. The first kappa shape index (κ1) is 16.6. The van der Waals surface area contributed by atoms with Gasteiger partial charge in [0.05, 0.1) is 10.9 Å². The van der Waals surface area contributed by atoms with Gasteiger partial charge in [0.25, 0.3) is 5.56 Å². The summed E-state index contributed by atoms with van der Waals surface area (Å²) in [4.78, 5) is 32.1. The van der Waals surface area contributed by atoms with Crippen LogP contribution >= 0.6 is 11.6 Å². The molecule has 0 saturated carbocycles. The molecule has 0 atom stereocenters. The molecule has 9 nitrogen and oxygen atoms in total. The van der Waals surface area contributed by atoms with Gasteiger partial charge < -0.3 is 19.0 Å². The zero-order valence-corrected chi connectivity index (χ0v) is 14.9. The van der Waals surface area contributed by atoms with Gasteiger partial charge in [-0.15, -0.1) is 0 Å². The zero-order valence-electron chi connectivity index (χ0n) is 14.1. The Labute approximate surface area is 161 Å². The summed E-state index contributed by atoms with van der Waals surface area (Å²) >= 11 is 5.97. The van der Waals surface area contributed by atoms with E-state index in [-0.39, 0.29) is 19.2 Å². The molecule has 2 aromatic carbocycles. The van der Waals surface area contributed by atoms with Crippen LogP contribution in [0.25, 0.3) is 22.3 Å². The number of fused-ring (bicyclic) bond motifs is 2. The summed E-state index contributed by atoms with van der Waals surface area (Å²) < 4.78 is 16.8. The van der Waals surface area contributed by atoms with Gasteiger partial charge >= 0.3 is 5.69 Å². The molecular formula is C18H11ClN4O5. The van der Waals surface area contributed by atoms with Crippen molar-refractivity contribution in [3.8, 4) is 22.9 Å². The van der Waals surface area contributed by atoms with Crippen LogP contribution in [-0.4, -0.2) is 26.5 Å². The van der Waals surface area contributed by atoms with Crippen LogP contribution in [0.3, 0.4) is 0 Å². The van der Waals surface area contributed by atoms with Gasteiger partial charge in [-0.1, -0.05) is 28.9 Å². The van der Waals surface area contributed by atoms with Crippen molar-refractivity contribution < 1.29 is 14.0 Å². The number of halogens is 1. The summed E-state index contributed by atoms with van der Waals surface area (Å²) in [6, 6.07) is 10.1. The molecule has 2 aromatic heterocycles. The Hall–Kier alpha value is -3.59. The Kier molecular flexibility index (Phi) is 3.69. The lowest BCUT2D eigenvalue weighted by molar-refractivity contribution is 0.174. The van der Waals surface area contributed by atoms with Crippen LogP contribution in [0.1, 0.15) is 5.89 Å². The van der Waals surface area contributed by atoms with Crippen molar-refractivity contribution in [2.45, 2.75) is 6.54 Å². The molecule has 1 aliphatic rings. The van der Waals surface area contributed by atoms with Crippen molar-refractivity contribution in [1.29, 1.82) is 0 Å². The van der Waals surface area contributed by atoms with E-state index in [9.17, 15) is 9.59 Å². The van der Waals surface area contributed by atoms with Crippen LogP contribution in [0.4, 0.5) is 0 Å². The molecule has 0 aliphatic carbocycles. The normalized spacial score (nSPS) is 12.6. The fourth-order valence-corrected chi connectivity index (χ4v) is 3.18. The van der Waals surface area contributed by atoms with E-state index in [2.05, 4.69) is 15.1 Å². The van der Waals surface area contributed by atoms with E-state index in [1.165, 1.54) is 6.07 Å². The minimum absolute atomic E-state index is 0.0678. The Balaban J connectivity index is 1.55. The highest BCUT2D eigenvalue weighted by atomic mass is 35.5. The number of benzene rings is 2. The summed E-state index contributed by atoms with van der Waals surface area (Å²) in [5.41, 5.74) is -0.0750. The van der Waals surface area contributed by atoms with E-state index < -0.39 is 11.2 Å². The van der Waals surface area contributed by atoms with Gasteiger partial charge in [-0.05, 0) is 18.2 Å². The minimum Gasteiger partial charge on any atom is -0.454 e. The lowest BCUT2D eigenvalue weighted by atomic mass is 10.2. The molecular weight excluding hydrogens is 388 g/mol. The average Bonchev–Trinajstić information content (AvgIpc) is 3.33. The molecule has 3 heterocycles. The molecule has 0 saturated heterocycles. The number of H-pyrrole nitrogens is 1. The van der Waals surface area contributed by atoms with Crippen molar-refractivity contribution >= 4 is 22.5 Å². The first-order valence-electron chi connectivity index (χ1n) is 8.23. The fraction of sp³-hybridized carbons (Fsp3) is 0.111. The Morgan fingerprint density at radius 2 is 1.96 bits per heavy atom. The minimum atomic E-state index is -0.598. The molecule has 10 heteroatoms. The molecule has 4 aromatic rings. The third kappa shape index (κ3) is 2.72. The predicted octanol–water partition coefficient (Wildman–Crippen LogP) is 2.17. The van der Waals surface area contributed by atoms with Crippen molar-refractivity contribution in [2.75, 3.05) is 6.79 Å². The highest BCUT2D eigenvalue weighted by Gasteiger charge is 2.19. The Morgan fingerprint density at radius 3 is 2.79 bits per heavy atom. The van der Waals surface area contributed by atoms with E-state index in [1.807, 2.05) is 0 Å². The van der Waals surface area contributed by atoms with Crippen molar-refractivity contribution in [1.82, 2.24) is 19.7 Å². The maximum Gasteiger partial charge on any atom is 0.329 e. The van der Waals surface area contributed by atoms with Crippen LogP contribution in [-0.2, 0) is 6.54 Å². The van der Waals surface area contributed by atoms with Crippen LogP contribution in [0, 0.1) is 0 Å². The molecule has 1 aliphatic heterocycles. The van der Waals surface area contributed by atoms with Crippen LogP contribution in [0.15, 0.2) is 50.5 Å². The second kappa shape index (κ2) is 6.24. The monoisotopic (exact) mass is 398 g/mol. The van der Waals surface area contributed by atoms with Gasteiger partial charge in [0.15, 0.2) is 11.5 Å². The molecule has 5 rings (SSSR count). The first-order chi connectivity index (χ1) is 13.6. The highest BCUT2D eigenvalue weighted by Crippen LogP contribution is 2.34. The number of nitrogens with zero attached hydrogens (tertiary/aromatic N) is 3. The number of hydrogen-bond donors (Lipinski definition) is 1. The molecule has 0 unspecified atom stereocenters. The molecule has 28 heavy (non-hydrogen) atoms. The molecule has 140 valence electrons. The van der Waals surface area contributed by atoms with Gasteiger partial charge in [-0.3, -0.25) is 9.36 Å². The van der Waals surface area contributed by atoms with Gasteiger partial charge in [0, 0.05) is 16.7 Å². The highest BCUT2D eigenvalue weighted by molar-refractivity contribution is 6.30. The predicted molar refractivity (Wildman–Crippen MR) is 98.8 cm³/mol. The van der Waals surface area contributed by atoms with E-state index in [4.69, 9.17) is 25.6 Å². The van der Waals surface area contributed by atoms with Gasteiger partial charge in [-0.25, -0.2) is 4.79 Å². The summed E-state index contributed by atoms with van der Waals surface area (Å²) in [5.74, 6) is 1.35. The summed E-state index contributed by atoms with van der Waals surface area (Å²) in [5, 5.41) is 4.71. The van der Waals surface area contributed by atoms with Gasteiger partial charge in [0.2, 0.25) is 18.5 Å². The topological polar surface area (TPSA) is 112 Å². The standard InChI is InChI=1S/C18H11ClN4O5/c19-10-3-1-2-9(4-10)16-21-15(28-22-16)7-23-17(24)11-5-13-14(27-8-26-13)6-12(11)20-18(23)25/h1-6H,7-8H2,(H,20,25). The smallest absolute Gasteiger partial charge is 0.329 e. The average molecular weight is 399 g/mol. The maximum absolute atomic E-state index is 12.8. The summed E-state index contributed by atoms with van der Waals surface area (Å²) in [7, 11) is 0. The molecule has 0 spiro atoms. The lowest BCUT2D eigenvalue weighted by Gasteiger charge is -2.05. The van der Waals surface area contributed by atoms with Crippen molar-refractivity contribution in [3.05, 3.63) is 68.1 Å². The van der Waals surface area contributed by atoms with Gasteiger partial charge in [-0.2, -0.15) is 4.98 Å². The maximum atomic E-state index is 12.8. The summed E-state index contributed by atoms with van der Waals surface area (Å²) in [6.07, 6.45) is 0. The third-order valence-corrected chi connectivity index (χ3v) is 4.55. The molecule has 0 fully saturated rings. The number of nitrogens with one attached hydrogen (secondary N) is 1. The lowest BCUT2D eigenvalue weighted by Crippen LogP contribution is -2.35. The van der Waals surface area contributed by atoms with Crippen molar-refractivity contribution in [2.24, 2.45) is 0 Å². The number of ether oxygens (including phenoxy) is 2. The molecule has 0 amide bonds.